The van der Waals surface area contributed by atoms with Gasteiger partial charge in [-0.2, -0.15) is 5.10 Å². The average molecular weight is 324 g/mol. The Labute approximate surface area is 137 Å². The number of aromatic amines is 1. The number of pyridine rings is 1. The van der Waals surface area contributed by atoms with E-state index < -0.39 is 17.9 Å². The van der Waals surface area contributed by atoms with Gasteiger partial charge in [0.25, 0.3) is 5.91 Å². The van der Waals surface area contributed by atoms with Crippen LogP contribution in [-0.2, 0) is 4.79 Å². The lowest BCUT2D eigenvalue weighted by Gasteiger charge is -2.16. The summed E-state index contributed by atoms with van der Waals surface area (Å²) >= 11 is 0. The molecule has 2 aromatic heterocycles. The van der Waals surface area contributed by atoms with Gasteiger partial charge in [-0.15, -0.1) is 0 Å². The molecule has 0 saturated carbocycles. The first-order chi connectivity index (χ1) is 11.5. The van der Waals surface area contributed by atoms with Crippen LogP contribution in [0.4, 0.5) is 0 Å². The topological polar surface area (TPSA) is 108 Å². The molecule has 3 aromatic rings. The zero-order chi connectivity index (χ0) is 17.3. The van der Waals surface area contributed by atoms with Crippen LogP contribution in [0, 0.1) is 13.8 Å². The molecule has 0 aliphatic heterocycles. The molecule has 1 amide bonds. The minimum Gasteiger partial charge on any atom is -0.479 e. The number of H-pyrrole nitrogens is 1. The van der Waals surface area contributed by atoms with Crippen LogP contribution in [0.2, 0.25) is 0 Å². The predicted octanol–water partition coefficient (Wildman–Crippen LogP) is 2.13. The Hall–Kier alpha value is -3.22. The standard InChI is InChI=1S/C17H16N4O3/c1-9-14(10(2)21-20-9)15(17(23)24)19-16(22)12-7-8-18-13-6-4-3-5-11(12)13/h3-8,15H,1-2H3,(H,19,22)(H,20,21)(H,23,24). The van der Waals surface area contributed by atoms with Crippen molar-refractivity contribution >= 4 is 22.8 Å². The molecular weight excluding hydrogens is 308 g/mol. The summed E-state index contributed by atoms with van der Waals surface area (Å²) in [5, 5.41) is 19.5. The van der Waals surface area contributed by atoms with Gasteiger partial charge in [0.1, 0.15) is 0 Å². The molecule has 1 unspecified atom stereocenters. The molecule has 7 heteroatoms. The van der Waals surface area contributed by atoms with E-state index in [1.165, 1.54) is 6.20 Å². The molecule has 3 N–H and O–H groups in total. The van der Waals surface area contributed by atoms with Crippen molar-refractivity contribution in [3.05, 3.63) is 59.0 Å². The van der Waals surface area contributed by atoms with Gasteiger partial charge in [-0.1, -0.05) is 18.2 Å². The second-order valence-electron chi connectivity index (χ2n) is 5.47. The number of aliphatic carboxylic acids is 1. The van der Waals surface area contributed by atoms with Gasteiger partial charge in [0.15, 0.2) is 6.04 Å². The maximum atomic E-state index is 12.7. The fourth-order valence-corrected chi connectivity index (χ4v) is 2.74. The fourth-order valence-electron chi connectivity index (χ4n) is 2.74. The number of nitrogens with zero attached hydrogens (tertiary/aromatic N) is 2. The van der Waals surface area contributed by atoms with Crippen LogP contribution in [0.25, 0.3) is 10.9 Å². The van der Waals surface area contributed by atoms with Gasteiger partial charge in [-0.05, 0) is 26.0 Å². The van der Waals surface area contributed by atoms with E-state index in [2.05, 4.69) is 20.5 Å². The lowest BCUT2D eigenvalue weighted by molar-refractivity contribution is -0.139. The second-order valence-corrected chi connectivity index (χ2v) is 5.47. The number of rotatable bonds is 4. The molecule has 0 saturated heterocycles. The lowest BCUT2D eigenvalue weighted by Crippen LogP contribution is -2.34. The van der Waals surface area contributed by atoms with E-state index in [0.717, 1.165) is 0 Å². The van der Waals surface area contributed by atoms with Crippen LogP contribution in [0.1, 0.15) is 33.4 Å². The Morgan fingerprint density at radius 2 is 1.96 bits per heavy atom. The number of hydrogen-bond acceptors (Lipinski definition) is 4. The number of aromatic nitrogens is 3. The highest BCUT2D eigenvalue weighted by molar-refractivity contribution is 6.07. The molecule has 24 heavy (non-hydrogen) atoms. The molecule has 0 spiro atoms. The van der Waals surface area contributed by atoms with Crippen molar-refractivity contribution in [3.8, 4) is 0 Å². The summed E-state index contributed by atoms with van der Waals surface area (Å²) in [4.78, 5) is 28.5. The second kappa shape index (κ2) is 6.11. The molecule has 0 radical (unpaired) electrons. The first kappa shape index (κ1) is 15.7. The molecule has 1 atom stereocenters. The number of amides is 1. The van der Waals surface area contributed by atoms with E-state index >= 15 is 0 Å². The summed E-state index contributed by atoms with van der Waals surface area (Å²) in [6.45, 7) is 3.42. The molecule has 3 rings (SSSR count). The number of fused-ring (bicyclic) bond motifs is 1. The third kappa shape index (κ3) is 2.71. The molecule has 1 aromatic carbocycles. The zero-order valence-electron chi connectivity index (χ0n) is 13.2. The van der Waals surface area contributed by atoms with Crippen molar-refractivity contribution in [1.82, 2.24) is 20.5 Å². The minimum atomic E-state index is -1.18. The van der Waals surface area contributed by atoms with Crippen molar-refractivity contribution in [1.29, 1.82) is 0 Å². The first-order valence-corrected chi connectivity index (χ1v) is 7.38. The number of carboxylic acid groups (broad SMARTS) is 1. The smallest absolute Gasteiger partial charge is 0.331 e. The van der Waals surface area contributed by atoms with Gasteiger partial charge < -0.3 is 10.4 Å². The van der Waals surface area contributed by atoms with Crippen LogP contribution in [0.5, 0.6) is 0 Å². The Kier molecular flexibility index (Phi) is 3.99. The Balaban J connectivity index is 1.99. The van der Waals surface area contributed by atoms with E-state index in [-0.39, 0.29) is 0 Å². The van der Waals surface area contributed by atoms with Crippen molar-refractivity contribution in [3.63, 3.8) is 0 Å². The Morgan fingerprint density at radius 1 is 1.21 bits per heavy atom. The molecule has 0 fully saturated rings. The van der Waals surface area contributed by atoms with Gasteiger partial charge in [0.2, 0.25) is 0 Å². The van der Waals surface area contributed by atoms with Crippen LogP contribution >= 0.6 is 0 Å². The first-order valence-electron chi connectivity index (χ1n) is 7.38. The zero-order valence-corrected chi connectivity index (χ0v) is 13.2. The third-order valence-electron chi connectivity index (χ3n) is 3.89. The highest BCUT2D eigenvalue weighted by atomic mass is 16.4. The van der Waals surface area contributed by atoms with Gasteiger partial charge in [0.05, 0.1) is 16.8 Å². The minimum absolute atomic E-state index is 0.380. The molecule has 0 aliphatic carbocycles. The maximum Gasteiger partial charge on any atom is 0.331 e. The quantitative estimate of drug-likeness (QED) is 0.681. The maximum absolute atomic E-state index is 12.7. The summed E-state index contributed by atoms with van der Waals surface area (Å²) < 4.78 is 0. The van der Waals surface area contributed by atoms with E-state index in [1.54, 1.807) is 38.1 Å². The normalized spacial score (nSPS) is 12.1. The Morgan fingerprint density at radius 3 is 2.62 bits per heavy atom. The summed E-state index contributed by atoms with van der Waals surface area (Å²) in [7, 11) is 0. The third-order valence-corrected chi connectivity index (χ3v) is 3.89. The van der Waals surface area contributed by atoms with Crippen molar-refractivity contribution in [2.75, 3.05) is 0 Å². The van der Waals surface area contributed by atoms with Gasteiger partial charge >= 0.3 is 5.97 Å². The summed E-state index contributed by atoms with van der Waals surface area (Å²) in [5.41, 5.74) is 2.67. The largest absolute Gasteiger partial charge is 0.479 e. The highest BCUT2D eigenvalue weighted by Gasteiger charge is 2.28. The molecular formula is C17H16N4O3. The van der Waals surface area contributed by atoms with Gasteiger partial charge in [-0.25, -0.2) is 4.79 Å². The number of aryl methyl sites for hydroxylation is 2. The average Bonchev–Trinajstić information content (AvgIpc) is 2.90. The lowest BCUT2D eigenvalue weighted by atomic mass is 10.0. The summed E-state index contributed by atoms with van der Waals surface area (Å²) in [6.07, 6.45) is 1.53. The predicted molar refractivity (Wildman–Crippen MR) is 87.6 cm³/mol. The van der Waals surface area contributed by atoms with E-state index in [1.807, 2.05) is 6.07 Å². The summed E-state index contributed by atoms with van der Waals surface area (Å²) in [6, 6.07) is 7.61. The SMILES string of the molecule is Cc1n[nH]c(C)c1C(NC(=O)c1ccnc2ccccc12)C(=O)O. The fraction of sp³-hybridized carbons (Fsp3) is 0.176. The van der Waals surface area contributed by atoms with Crippen molar-refractivity contribution in [2.45, 2.75) is 19.9 Å². The van der Waals surface area contributed by atoms with Crippen LogP contribution < -0.4 is 5.32 Å². The molecule has 7 nitrogen and oxygen atoms in total. The number of benzene rings is 1. The number of para-hydroxylation sites is 1. The van der Waals surface area contributed by atoms with Crippen LogP contribution in [0.15, 0.2) is 36.5 Å². The molecule has 0 aliphatic rings. The monoisotopic (exact) mass is 324 g/mol. The van der Waals surface area contributed by atoms with E-state index in [4.69, 9.17) is 0 Å². The van der Waals surface area contributed by atoms with E-state index in [0.29, 0.717) is 33.4 Å². The van der Waals surface area contributed by atoms with Crippen LogP contribution in [-0.4, -0.2) is 32.2 Å². The van der Waals surface area contributed by atoms with Gasteiger partial charge in [0, 0.05) is 22.8 Å². The van der Waals surface area contributed by atoms with E-state index in [9.17, 15) is 14.7 Å². The van der Waals surface area contributed by atoms with Crippen molar-refractivity contribution < 1.29 is 14.7 Å². The molecule has 2 heterocycles. The number of hydrogen-bond donors (Lipinski definition) is 3. The number of carboxylic acids is 1. The number of nitrogens with one attached hydrogen (secondary N) is 2. The van der Waals surface area contributed by atoms with Gasteiger partial charge in [-0.3, -0.25) is 14.9 Å². The highest BCUT2D eigenvalue weighted by Crippen LogP contribution is 2.22. The molecule has 122 valence electrons. The Bertz CT molecular complexity index is 908. The summed E-state index contributed by atoms with van der Waals surface area (Å²) in [5.74, 6) is -1.62. The van der Waals surface area contributed by atoms with Crippen molar-refractivity contribution in [2.24, 2.45) is 0 Å². The van der Waals surface area contributed by atoms with Crippen LogP contribution in [0.3, 0.4) is 0 Å². The number of carbonyl (C=O) groups excluding carboxylic acids is 1. The number of carbonyl (C=O) groups is 2. The molecule has 0 bridgehead atoms.